The van der Waals surface area contributed by atoms with E-state index in [9.17, 15) is 4.79 Å². The number of hydrogen-bond donors (Lipinski definition) is 1. The van der Waals surface area contributed by atoms with E-state index in [1.807, 2.05) is 24.3 Å². The summed E-state index contributed by atoms with van der Waals surface area (Å²) in [7, 11) is 1.51. The van der Waals surface area contributed by atoms with Crippen LogP contribution in [0, 0.1) is 0 Å². The van der Waals surface area contributed by atoms with Gasteiger partial charge < -0.3 is 10.1 Å². The van der Waals surface area contributed by atoms with Gasteiger partial charge in [0, 0.05) is 12.1 Å². The molecule has 1 heterocycles. The van der Waals surface area contributed by atoms with Gasteiger partial charge in [-0.3, -0.25) is 0 Å². The van der Waals surface area contributed by atoms with Gasteiger partial charge in [-0.15, -0.1) is 5.10 Å². The highest BCUT2D eigenvalue weighted by atomic mass is 35.5. The first-order valence-electron chi connectivity index (χ1n) is 6.00. The fourth-order valence-corrected chi connectivity index (χ4v) is 1.83. The van der Waals surface area contributed by atoms with Gasteiger partial charge in [0.2, 0.25) is 0 Å². The highest BCUT2D eigenvalue weighted by molar-refractivity contribution is 6.30. The molecule has 1 aromatic carbocycles. The van der Waals surface area contributed by atoms with Crippen LogP contribution in [0.25, 0.3) is 0 Å². The number of nitrogens with zero attached hydrogens (tertiary/aromatic N) is 4. The number of amides is 1. The summed E-state index contributed by atoms with van der Waals surface area (Å²) in [6, 6.07) is 7.28. The number of rotatable bonds is 5. The predicted octanol–water partition coefficient (Wildman–Crippen LogP) is 1.47. The van der Waals surface area contributed by atoms with Crippen LogP contribution >= 0.6 is 11.6 Å². The zero-order chi connectivity index (χ0) is 14.4. The van der Waals surface area contributed by atoms with Crippen LogP contribution in [0.4, 0.5) is 4.79 Å². The number of nitrogens with one attached hydrogen (secondary N) is 1. The monoisotopic (exact) mass is 295 g/mol. The van der Waals surface area contributed by atoms with Gasteiger partial charge in [0.05, 0.1) is 6.04 Å². The van der Waals surface area contributed by atoms with Gasteiger partial charge in [0.1, 0.15) is 12.9 Å². The molecule has 1 N–H and O–H groups in total. The second kappa shape index (κ2) is 6.85. The van der Waals surface area contributed by atoms with Gasteiger partial charge in [-0.25, -0.2) is 9.48 Å². The molecule has 0 radical (unpaired) electrons. The zero-order valence-corrected chi connectivity index (χ0v) is 11.6. The average Bonchev–Trinajstić information content (AvgIpc) is 2.99. The summed E-state index contributed by atoms with van der Waals surface area (Å²) in [5.74, 6) is 0. The van der Waals surface area contributed by atoms with Crippen molar-refractivity contribution in [2.45, 2.75) is 12.5 Å². The number of benzene rings is 1. The van der Waals surface area contributed by atoms with E-state index in [4.69, 9.17) is 16.3 Å². The van der Waals surface area contributed by atoms with Gasteiger partial charge in [-0.1, -0.05) is 23.7 Å². The molecule has 7 nitrogen and oxygen atoms in total. The lowest BCUT2D eigenvalue weighted by Gasteiger charge is -2.16. The Morgan fingerprint density at radius 1 is 1.45 bits per heavy atom. The minimum absolute atomic E-state index is 0.174. The maximum Gasteiger partial charge on any atom is 0.406 e. The Morgan fingerprint density at radius 3 is 2.80 bits per heavy atom. The third kappa shape index (κ3) is 3.92. The molecule has 0 fully saturated rings. The van der Waals surface area contributed by atoms with Crippen molar-refractivity contribution in [2.24, 2.45) is 0 Å². The Kier molecular flexibility index (Phi) is 4.89. The van der Waals surface area contributed by atoms with Gasteiger partial charge in [-0.05, 0) is 34.5 Å². The van der Waals surface area contributed by atoms with E-state index in [0.29, 0.717) is 11.4 Å². The molecule has 0 saturated heterocycles. The van der Waals surface area contributed by atoms with Crippen LogP contribution < -0.4 is 5.32 Å². The van der Waals surface area contributed by atoms with Crippen LogP contribution in [0.1, 0.15) is 11.6 Å². The second-order valence-corrected chi connectivity index (χ2v) is 4.56. The highest BCUT2D eigenvalue weighted by Crippen LogP contribution is 2.16. The molecule has 2 rings (SSSR count). The average molecular weight is 296 g/mol. The summed E-state index contributed by atoms with van der Waals surface area (Å²) in [6.07, 6.45) is 1.63. The Morgan fingerprint density at radius 2 is 2.20 bits per heavy atom. The number of carbonyl (C=O) groups is 1. The number of tetrazole rings is 1. The van der Waals surface area contributed by atoms with Crippen molar-refractivity contribution in [3.05, 3.63) is 41.2 Å². The predicted molar refractivity (Wildman–Crippen MR) is 72.4 cm³/mol. The molecule has 8 heteroatoms. The van der Waals surface area contributed by atoms with Gasteiger partial charge >= 0.3 is 6.09 Å². The van der Waals surface area contributed by atoms with Crippen molar-refractivity contribution in [2.75, 3.05) is 13.7 Å². The van der Waals surface area contributed by atoms with Gasteiger partial charge in [0.15, 0.2) is 0 Å². The summed E-state index contributed by atoms with van der Waals surface area (Å²) in [5, 5.41) is 14.1. The molecule has 20 heavy (non-hydrogen) atoms. The van der Waals surface area contributed by atoms with Crippen LogP contribution in [0.3, 0.4) is 0 Å². The smallest absolute Gasteiger partial charge is 0.406 e. The number of hydrogen-bond acceptors (Lipinski definition) is 5. The summed E-state index contributed by atoms with van der Waals surface area (Å²) in [6.45, 7) is 0.174. The van der Waals surface area contributed by atoms with E-state index >= 15 is 0 Å². The summed E-state index contributed by atoms with van der Waals surface area (Å²) < 4.78 is 6.65. The van der Waals surface area contributed by atoms with E-state index in [1.54, 1.807) is 4.68 Å². The SMILES string of the molecule is CNC(=O)OCC(Cc1ccc(Cl)cc1)n1cnnn1. The fraction of sp³-hybridized carbons (Fsp3) is 0.333. The van der Waals surface area contributed by atoms with E-state index in [0.717, 1.165) is 5.56 Å². The second-order valence-electron chi connectivity index (χ2n) is 4.12. The minimum Gasteiger partial charge on any atom is -0.447 e. The highest BCUT2D eigenvalue weighted by Gasteiger charge is 2.15. The molecular formula is C12H14ClN5O2. The normalized spacial score (nSPS) is 11.9. The Hall–Kier alpha value is -2.15. The lowest BCUT2D eigenvalue weighted by molar-refractivity contribution is 0.127. The van der Waals surface area contributed by atoms with Crippen molar-refractivity contribution < 1.29 is 9.53 Å². The van der Waals surface area contributed by atoms with Crippen LogP contribution in [0.5, 0.6) is 0 Å². The molecule has 1 unspecified atom stereocenters. The number of halogens is 1. The quantitative estimate of drug-likeness (QED) is 0.903. The Balaban J connectivity index is 2.06. The van der Waals surface area contributed by atoms with Gasteiger partial charge in [0.25, 0.3) is 0 Å². The number of alkyl carbamates (subject to hydrolysis) is 1. The van der Waals surface area contributed by atoms with E-state index in [-0.39, 0.29) is 12.6 Å². The Labute approximate surface area is 120 Å². The maximum atomic E-state index is 11.2. The molecule has 0 saturated carbocycles. The molecule has 1 amide bonds. The van der Waals surface area contributed by atoms with Crippen LogP contribution in [0.2, 0.25) is 5.02 Å². The third-order valence-corrected chi connectivity index (χ3v) is 2.99. The van der Waals surface area contributed by atoms with Crippen molar-refractivity contribution in [3.63, 3.8) is 0 Å². The molecule has 0 aliphatic rings. The number of carbonyl (C=O) groups excluding carboxylic acids is 1. The molecule has 106 valence electrons. The molecule has 0 aliphatic carbocycles. The number of ether oxygens (including phenoxy) is 1. The largest absolute Gasteiger partial charge is 0.447 e. The molecule has 0 bridgehead atoms. The van der Waals surface area contributed by atoms with Crippen molar-refractivity contribution in [3.8, 4) is 0 Å². The molecule has 1 atom stereocenters. The molecule has 0 spiro atoms. The topological polar surface area (TPSA) is 81.9 Å². The van der Waals surface area contributed by atoms with E-state index in [1.165, 1.54) is 13.4 Å². The molecular weight excluding hydrogens is 282 g/mol. The first kappa shape index (κ1) is 14.3. The van der Waals surface area contributed by atoms with Crippen LogP contribution in [-0.4, -0.2) is 40.0 Å². The first-order chi connectivity index (χ1) is 9.69. The minimum atomic E-state index is -0.487. The summed E-state index contributed by atoms with van der Waals surface area (Å²) in [5.41, 5.74) is 1.05. The van der Waals surface area contributed by atoms with Crippen LogP contribution in [-0.2, 0) is 11.2 Å². The van der Waals surface area contributed by atoms with E-state index < -0.39 is 6.09 Å². The summed E-state index contributed by atoms with van der Waals surface area (Å²) >= 11 is 5.85. The maximum absolute atomic E-state index is 11.2. The molecule has 0 aliphatic heterocycles. The van der Waals surface area contributed by atoms with Gasteiger partial charge in [-0.2, -0.15) is 0 Å². The van der Waals surface area contributed by atoms with Crippen molar-refractivity contribution in [1.29, 1.82) is 0 Å². The summed E-state index contributed by atoms with van der Waals surface area (Å²) in [4.78, 5) is 11.2. The molecule has 2 aromatic rings. The number of aromatic nitrogens is 4. The van der Waals surface area contributed by atoms with Crippen molar-refractivity contribution >= 4 is 17.7 Å². The van der Waals surface area contributed by atoms with Crippen molar-refractivity contribution in [1.82, 2.24) is 25.5 Å². The molecule has 1 aromatic heterocycles. The van der Waals surface area contributed by atoms with Crippen LogP contribution in [0.15, 0.2) is 30.6 Å². The standard InChI is InChI=1S/C12H14ClN5O2/c1-14-12(19)20-7-11(18-8-15-16-17-18)6-9-2-4-10(13)5-3-9/h2-5,8,11H,6-7H2,1H3,(H,14,19). The fourth-order valence-electron chi connectivity index (χ4n) is 1.70. The third-order valence-electron chi connectivity index (χ3n) is 2.73. The Bertz CT molecular complexity index is 543. The lowest BCUT2D eigenvalue weighted by atomic mass is 10.1. The van der Waals surface area contributed by atoms with E-state index in [2.05, 4.69) is 20.8 Å². The zero-order valence-electron chi connectivity index (χ0n) is 10.9. The lowest BCUT2D eigenvalue weighted by Crippen LogP contribution is -2.25. The first-order valence-corrected chi connectivity index (χ1v) is 6.38.